The van der Waals surface area contributed by atoms with Crippen molar-refractivity contribution in [3.05, 3.63) is 60.3 Å². The van der Waals surface area contributed by atoms with Crippen molar-refractivity contribution in [3.8, 4) is 5.75 Å². The number of rotatable bonds is 4. The molecule has 5 nitrogen and oxygen atoms in total. The smallest absolute Gasteiger partial charge is 0.119 e. The van der Waals surface area contributed by atoms with Gasteiger partial charge in [0.25, 0.3) is 0 Å². The molecule has 0 radical (unpaired) electrons. The number of nitrogens with one attached hydrogen (secondary N) is 1. The van der Waals surface area contributed by atoms with Crippen LogP contribution in [0.2, 0.25) is 0 Å². The van der Waals surface area contributed by atoms with Gasteiger partial charge in [0, 0.05) is 22.8 Å². The van der Waals surface area contributed by atoms with Gasteiger partial charge in [0.2, 0.25) is 0 Å². The molecule has 3 rings (SSSR count). The lowest BCUT2D eigenvalue weighted by molar-refractivity contribution is -0.254. The topological polar surface area (TPSA) is 74.3 Å². The second-order valence-corrected chi connectivity index (χ2v) is 4.70. The molecule has 0 aliphatic rings. The molecule has 0 atom stereocenters. The Morgan fingerprint density at radius 3 is 2.55 bits per heavy atom. The maximum atomic E-state index is 11.3. The fourth-order valence-corrected chi connectivity index (χ4v) is 2.25. The molecule has 2 aromatic carbocycles. The number of anilines is 2. The summed E-state index contributed by atoms with van der Waals surface area (Å²) in [5.41, 5.74) is 1.95. The minimum atomic E-state index is -1.27. The number of nitrogens with zero attached hydrogens (tertiary/aromatic N) is 1. The van der Waals surface area contributed by atoms with Crippen LogP contribution < -0.4 is 15.2 Å². The third-order valence-electron chi connectivity index (χ3n) is 3.35. The van der Waals surface area contributed by atoms with E-state index in [1.54, 1.807) is 19.2 Å². The predicted octanol–water partition coefficient (Wildman–Crippen LogP) is 2.35. The van der Waals surface area contributed by atoms with E-state index in [9.17, 15) is 9.90 Å². The highest BCUT2D eigenvalue weighted by Crippen LogP contribution is 2.29. The molecule has 0 aliphatic heterocycles. The molecule has 22 heavy (non-hydrogen) atoms. The monoisotopic (exact) mass is 293 g/mol. The van der Waals surface area contributed by atoms with Crippen LogP contribution in [0.25, 0.3) is 10.9 Å². The Balaban J connectivity index is 2.10. The van der Waals surface area contributed by atoms with Crippen LogP contribution in [0.3, 0.4) is 0 Å². The van der Waals surface area contributed by atoms with Crippen LogP contribution in [0.1, 0.15) is 10.4 Å². The summed E-state index contributed by atoms with van der Waals surface area (Å²) in [6.07, 6.45) is 1.31. The second kappa shape index (κ2) is 5.73. The molecule has 0 saturated carbocycles. The number of methoxy groups -OCH3 is 1. The quantitative estimate of drug-likeness (QED) is 0.799. The number of hydrogen-bond donors (Lipinski definition) is 1. The molecule has 5 heteroatoms. The molecule has 3 aromatic rings. The normalized spacial score (nSPS) is 10.4. The first-order valence-electron chi connectivity index (χ1n) is 6.69. The van der Waals surface area contributed by atoms with Crippen LogP contribution in [0.5, 0.6) is 5.75 Å². The largest absolute Gasteiger partial charge is 0.545 e. The first-order valence-corrected chi connectivity index (χ1v) is 6.69. The highest BCUT2D eigenvalue weighted by atomic mass is 16.5. The summed E-state index contributed by atoms with van der Waals surface area (Å²) in [5, 5.41) is 15.2. The maximum absolute atomic E-state index is 11.3. The van der Waals surface area contributed by atoms with E-state index < -0.39 is 5.97 Å². The molecule has 0 saturated heterocycles. The number of carbonyl (C=O) groups excluding carboxylic acids is 1. The number of carboxylic acid groups (broad SMARTS) is 1. The predicted molar refractivity (Wildman–Crippen MR) is 82.4 cm³/mol. The lowest BCUT2D eigenvalue weighted by Crippen LogP contribution is -2.23. The van der Waals surface area contributed by atoms with Crippen LogP contribution in [-0.2, 0) is 0 Å². The molecule has 1 heterocycles. The van der Waals surface area contributed by atoms with Crippen molar-refractivity contribution in [2.24, 2.45) is 0 Å². The Morgan fingerprint density at radius 2 is 1.86 bits per heavy atom. The van der Waals surface area contributed by atoms with Crippen LogP contribution >= 0.6 is 0 Å². The van der Waals surface area contributed by atoms with Crippen molar-refractivity contribution in [1.82, 2.24) is 4.98 Å². The van der Waals surface area contributed by atoms with E-state index in [2.05, 4.69) is 10.3 Å². The van der Waals surface area contributed by atoms with E-state index >= 15 is 0 Å². The van der Waals surface area contributed by atoms with Gasteiger partial charge in [-0.05, 0) is 30.3 Å². The van der Waals surface area contributed by atoms with Gasteiger partial charge in [-0.3, -0.25) is 4.98 Å². The molecular weight excluding hydrogens is 280 g/mol. The zero-order chi connectivity index (χ0) is 15.5. The van der Waals surface area contributed by atoms with Crippen LogP contribution in [0.4, 0.5) is 11.4 Å². The molecule has 0 spiro atoms. The molecule has 1 aromatic heterocycles. The Morgan fingerprint density at radius 1 is 1.14 bits per heavy atom. The van der Waals surface area contributed by atoms with Gasteiger partial charge in [-0.1, -0.05) is 18.2 Å². The number of aromatic nitrogens is 1. The fraction of sp³-hybridized carbons (Fsp3) is 0.0588. The van der Waals surface area contributed by atoms with Gasteiger partial charge in [0.05, 0.1) is 24.3 Å². The highest BCUT2D eigenvalue weighted by Gasteiger charge is 2.10. The first-order chi connectivity index (χ1) is 10.7. The summed E-state index contributed by atoms with van der Waals surface area (Å²) in [4.78, 5) is 15.5. The van der Waals surface area contributed by atoms with E-state index in [0.717, 1.165) is 16.8 Å². The van der Waals surface area contributed by atoms with Gasteiger partial charge in [-0.15, -0.1) is 0 Å². The van der Waals surface area contributed by atoms with Gasteiger partial charge in [-0.2, -0.15) is 0 Å². The number of carboxylic acids is 1. The van der Waals surface area contributed by atoms with Gasteiger partial charge in [0.15, 0.2) is 0 Å². The van der Waals surface area contributed by atoms with Crippen LogP contribution in [0, 0.1) is 0 Å². The molecular formula is C17H13N2O3-. The van der Waals surface area contributed by atoms with E-state index in [-0.39, 0.29) is 5.56 Å². The van der Waals surface area contributed by atoms with Gasteiger partial charge in [-0.25, -0.2) is 0 Å². The van der Waals surface area contributed by atoms with Gasteiger partial charge in [0.1, 0.15) is 5.75 Å². The summed E-state index contributed by atoms with van der Waals surface area (Å²) in [6.45, 7) is 0. The van der Waals surface area contributed by atoms with Crippen molar-refractivity contribution in [2.45, 2.75) is 0 Å². The number of hydrogen-bond acceptors (Lipinski definition) is 5. The maximum Gasteiger partial charge on any atom is 0.119 e. The average Bonchev–Trinajstić information content (AvgIpc) is 2.55. The number of fused-ring (bicyclic) bond motifs is 1. The number of carbonyl (C=O) groups is 1. The summed E-state index contributed by atoms with van der Waals surface area (Å²) in [6, 6.07) is 14.6. The fourth-order valence-electron chi connectivity index (χ4n) is 2.25. The summed E-state index contributed by atoms with van der Waals surface area (Å²) in [7, 11) is 1.59. The Kier molecular flexibility index (Phi) is 3.62. The standard InChI is InChI=1S/C17H14N2O3/c1-22-12-8-6-11(7-9-12)19-16-13-4-2-3-5-15(13)18-10-14(16)17(20)21/h2-10H,1H3,(H,18,19)(H,20,21)/p-1. The molecule has 0 aliphatic carbocycles. The first kappa shape index (κ1) is 13.9. The second-order valence-electron chi connectivity index (χ2n) is 4.70. The average molecular weight is 293 g/mol. The van der Waals surface area contributed by atoms with E-state index in [1.807, 2.05) is 36.4 Å². The number of para-hydroxylation sites is 1. The molecule has 110 valence electrons. The summed E-state index contributed by atoms with van der Waals surface area (Å²) >= 11 is 0. The van der Waals surface area contributed by atoms with E-state index in [1.165, 1.54) is 6.20 Å². The lowest BCUT2D eigenvalue weighted by atomic mass is 10.1. The summed E-state index contributed by atoms with van der Waals surface area (Å²) in [5.74, 6) is -0.542. The highest BCUT2D eigenvalue weighted by molar-refractivity contribution is 6.04. The molecule has 0 unspecified atom stereocenters. The number of benzene rings is 2. The van der Waals surface area contributed by atoms with Crippen molar-refractivity contribution >= 4 is 28.2 Å². The van der Waals surface area contributed by atoms with Crippen LogP contribution in [0.15, 0.2) is 54.7 Å². The zero-order valence-electron chi connectivity index (χ0n) is 11.9. The third-order valence-corrected chi connectivity index (χ3v) is 3.35. The molecule has 0 fully saturated rings. The zero-order valence-corrected chi connectivity index (χ0v) is 11.9. The number of aromatic carboxylic acids is 1. The van der Waals surface area contributed by atoms with Gasteiger partial charge >= 0.3 is 0 Å². The SMILES string of the molecule is COc1ccc(Nc2c(C(=O)[O-])cnc3ccccc23)cc1. The van der Waals surface area contributed by atoms with Crippen LogP contribution in [-0.4, -0.2) is 18.1 Å². The molecule has 0 amide bonds. The Hall–Kier alpha value is -3.08. The number of ether oxygens (including phenoxy) is 1. The number of pyridine rings is 1. The van der Waals surface area contributed by atoms with Gasteiger partial charge < -0.3 is 20.0 Å². The minimum absolute atomic E-state index is 0.0227. The summed E-state index contributed by atoms with van der Waals surface area (Å²) < 4.78 is 5.11. The van der Waals surface area contributed by atoms with Crippen molar-refractivity contribution < 1.29 is 14.6 Å². The van der Waals surface area contributed by atoms with Crippen molar-refractivity contribution in [1.29, 1.82) is 0 Å². The lowest BCUT2D eigenvalue weighted by Gasteiger charge is -2.15. The van der Waals surface area contributed by atoms with Crippen molar-refractivity contribution in [3.63, 3.8) is 0 Å². The van der Waals surface area contributed by atoms with Crippen molar-refractivity contribution in [2.75, 3.05) is 12.4 Å². The Labute approximate surface area is 127 Å². The molecule has 0 bridgehead atoms. The van der Waals surface area contributed by atoms with E-state index in [4.69, 9.17) is 4.74 Å². The minimum Gasteiger partial charge on any atom is -0.545 e. The molecule has 1 N–H and O–H groups in total. The Bertz CT molecular complexity index is 829. The third kappa shape index (κ3) is 2.56. The van der Waals surface area contributed by atoms with E-state index in [0.29, 0.717) is 11.2 Å².